The molecular weight excluding hydrogens is 197 g/mol. The van der Waals surface area contributed by atoms with Crippen LogP contribution in [0.1, 0.15) is 12.5 Å². The molecule has 4 heteroatoms. The van der Waals surface area contributed by atoms with Crippen LogP contribution < -0.4 is 5.32 Å². The van der Waals surface area contributed by atoms with Crippen LogP contribution in [0.2, 0.25) is 0 Å². The molecule has 0 fully saturated rings. The maximum absolute atomic E-state index is 13.1. The monoisotopic (exact) mass is 211 g/mol. The number of carbonyl (C=O) groups excluding carboxylic acids is 1. The lowest BCUT2D eigenvalue weighted by Crippen LogP contribution is -2.36. The zero-order chi connectivity index (χ0) is 11.3. The van der Waals surface area contributed by atoms with Gasteiger partial charge in [0.2, 0.25) is 5.91 Å². The number of aliphatic hydroxyl groups excluding tert-OH is 1. The Kier molecular flexibility index (Phi) is 4.24. The van der Waals surface area contributed by atoms with Crippen LogP contribution >= 0.6 is 0 Å². The molecule has 1 aromatic carbocycles. The number of benzene rings is 1. The van der Waals surface area contributed by atoms with Crippen molar-refractivity contribution in [1.82, 2.24) is 5.32 Å². The van der Waals surface area contributed by atoms with Crippen molar-refractivity contribution in [2.45, 2.75) is 19.4 Å². The van der Waals surface area contributed by atoms with Crippen LogP contribution in [0.3, 0.4) is 0 Å². The second-order valence-corrected chi connectivity index (χ2v) is 3.42. The van der Waals surface area contributed by atoms with Gasteiger partial charge >= 0.3 is 0 Å². The van der Waals surface area contributed by atoms with Crippen molar-refractivity contribution in [2.24, 2.45) is 0 Å². The van der Waals surface area contributed by atoms with Crippen molar-refractivity contribution in [2.75, 3.05) is 6.61 Å². The summed E-state index contributed by atoms with van der Waals surface area (Å²) in [6, 6.07) is 5.84. The van der Waals surface area contributed by atoms with E-state index in [4.69, 9.17) is 5.11 Å². The van der Waals surface area contributed by atoms with Gasteiger partial charge in [-0.25, -0.2) is 4.39 Å². The summed E-state index contributed by atoms with van der Waals surface area (Å²) in [5, 5.41) is 11.3. The van der Waals surface area contributed by atoms with Crippen molar-refractivity contribution >= 4 is 5.91 Å². The van der Waals surface area contributed by atoms with Crippen molar-refractivity contribution in [3.8, 4) is 0 Å². The molecule has 0 heterocycles. The average molecular weight is 211 g/mol. The number of hydrogen-bond donors (Lipinski definition) is 2. The van der Waals surface area contributed by atoms with Gasteiger partial charge in [0.15, 0.2) is 0 Å². The van der Waals surface area contributed by atoms with Gasteiger partial charge in [-0.15, -0.1) is 0 Å². The highest BCUT2D eigenvalue weighted by atomic mass is 19.1. The molecule has 1 rings (SSSR count). The average Bonchev–Trinajstić information content (AvgIpc) is 2.21. The molecule has 0 aliphatic rings. The van der Waals surface area contributed by atoms with Crippen LogP contribution in [-0.2, 0) is 11.2 Å². The molecule has 2 N–H and O–H groups in total. The Hall–Kier alpha value is -1.42. The molecule has 1 aromatic rings. The molecule has 0 aromatic heterocycles. The number of halogens is 1. The summed E-state index contributed by atoms with van der Waals surface area (Å²) < 4.78 is 13.1. The molecule has 0 saturated carbocycles. The summed E-state index contributed by atoms with van der Waals surface area (Å²) in [7, 11) is 0. The molecule has 0 spiro atoms. The Balaban J connectivity index is 2.55. The Morgan fingerprint density at radius 3 is 2.80 bits per heavy atom. The first-order valence-corrected chi connectivity index (χ1v) is 4.77. The van der Waals surface area contributed by atoms with Gasteiger partial charge in [-0.05, 0) is 18.6 Å². The number of carbonyl (C=O) groups is 1. The van der Waals surface area contributed by atoms with E-state index < -0.39 is 0 Å². The van der Waals surface area contributed by atoms with Crippen LogP contribution in [0.15, 0.2) is 24.3 Å². The maximum Gasteiger partial charge on any atom is 0.224 e. The number of nitrogens with one attached hydrogen (secondary N) is 1. The molecule has 0 aliphatic carbocycles. The van der Waals surface area contributed by atoms with Crippen molar-refractivity contribution in [3.63, 3.8) is 0 Å². The SMILES string of the molecule is C[C@@H](CO)NC(=O)Cc1ccccc1F. The fraction of sp³-hybridized carbons (Fsp3) is 0.364. The third-order valence-corrected chi connectivity index (χ3v) is 1.99. The van der Waals surface area contributed by atoms with E-state index in [1.807, 2.05) is 0 Å². The van der Waals surface area contributed by atoms with Crippen molar-refractivity contribution < 1.29 is 14.3 Å². The molecule has 15 heavy (non-hydrogen) atoms. The smallest absolute Gasteiger partial charge is 0.224 e. The minimum atomic E-state index is -0.385. The molecule has 0 radical (unpaired) electrons. The molecule has 0 unspecified atom stereocenters. The third-order valence-electron chi connectivity index (χ3n) is 1.99. The highest BCUT2D eigenvalue weighted by Gasteiger charge is 2.09. The largest absolute Gasteiger partial charge is 0.394 e. The van der Waals surface area contributed by atoms with Crippen molar-refractivity contribution in [1.29, 1.82) is 0 Å². The lowest BCUT2D eigenvalue weighted by atomic mass is 10.1. The molecule has 0 aliphatic heterocycles. The number of amides is 1. The zero-order valence-corrected chi connectivity index (χ0v) is 8.53. The van der Waals surface area contributed by atoms with E-state index in [-0.39, 0.29) is 30.8 Å². The Morgan fingerprint density at radius 2 is 2.20 bits per heavy atom. The predicted octanol–water partition coefficient (Wildman–Crippen LogP) is 0.865. The lowest BCUT2D eigenvalue weighted by molar-refractivity contribution is -0.121. The van der Waals surface area contributed by atoms with Crippen LogP contribution in [0.25, 0.3) is 0 Å². The molecule has 1 atom stereocenters. The van der Waals surface area contributed by atoms with Gasteiger partial charge in [0.25, 0.3) is 0 Å². The summed E-state index contributed by atoms with van der Waals surface area (Å²) in [6.07, 6.45) is -0.00296. The van der Waals surface area contributed by atoms with Gasteiger partial charge in [0.1, 0.15) is 5.82 Å². The fourth-order valence-corrected chi connectivity index (χ4v) is 1.19. The summed E-state index contributed by atoms with van der Waals surface area (Å²) >= 11 is 0. The predicted molar refractivity (Wildman–Crippen MR) is 54.8 cm³/mol. The standard InChI is InChI=1S/C11H14FNO2/c1-8(7-14)13-11(15)6-9-4-2-3-5-10(9)12/h2-5,8,14H,6-7H2,1H3,(H,13,15)/t8-/m0/s1. The molecule has 0 saturated heterocycles. The zero-order valence-electron chi connectivity index (χ0n) is 8.53. The fourth-order valence-electron chi connectivity index (χ4n) is 1.19. The maximum atomic E-state index is 13.1. The first-order valence-electron chi connectivity index (χ1n) is 4.77. The van der Waals surface area contributed by atoms with Crippen LogP contribution in [0, 0.1) is 5.82 Å². The normalized spacial score (nSPS) is 12.2. The number of hydrogen-bond acceptors (Lipinski definition) is 2. The molecule has 3 nitrogen and oxygen atoms in total. The van der Waals surface area contributed by atoms with Gasteiger partial charge in [-0.3, -0.25) is 4.79 Å². The highest BCUT2D eigenvalue weighted by Crippen LogP contribution is 2.06. The van der Waals surface area contributed by atoms with Gasteiger partial charge in [-0.1, -0.05) is 18.2 Å². The third kappa shape index (κ3) is 3.67. The van der Waals surface area contributed by atoms with Crippen LogP contribution in [0.4, 0.5) is 4.39 Å². The Morgan fingerprint density at radius 1 is 1.53 bits per heavy atom. The van der Waals surface area contributed by atoms with Crippen LogP contribution in [0.5, 0.6) is 0 Å². The van der Waals surface area contributed by atoms with Crippen molar-refractivity contribution in [3.05, 3.63) is 35.6 Å². The Bertz CT molecular complexity index is 341. The van der Waals surface area contributed by atoms with E-state index in [0.29, 0.717) is 5.56 Å². The van der Waals surface area contributed by atoms with E-state index in [9.17, 15) is 9.18 Å². The van der Waals surface area contributed by atoms with Gasteiger partial charge < -0.3 is 10.4 Å². The molecule has 1 amide bonds. The van der Waals surface area contributed by atoms with Gasteiger partial charge in [-0.2, -0.15) is 0 Å². The minimum Gasteiger partial charge on any atom is -0.394 e. The van der Waals surface area contributed by atoms with Crippen LogP contribution in [-0.4, -0.2) is 23.7 Å². The van der Waals surface area contributed by atoms with Gasteiger partial charge in [0.05, 0.1) is 13.0 Å². The number of rotatable bonds is 4. The Labute approximate surface area is 87.9 Å². The second-order valence-electron chi connectivity index (χ2n) is 3.42. The highest BCUT2D eigenvalue weighted by molar-refractivity contribution is 5.78. The first kappa shape index (κ1) is 11.7. The quantitative estimate of drug-likeness (QED) is 0.776. The van der Waals surface area contributed by atoms with E-state index >= 15 is 0 Å². The summed E-state index contributed by atoms with van der Waals surface area (Å²) in [4.78, 5) is 11.3. The lowest BCUT2D eigenvalue weighted by Gasteiger charge is -2.10. The molecular formula is C11H14FNO2. The van der Waals surface area contributed by atoms with Gasteiger partial charge in [0, 0.05) is 6.04 Å². The first-order chi connectivity index (χ1) is 7.13. The molecule has 82 valence electrons. The summed E-state index contributed by atoms with van der Waals surface area (Å²) in [5.74, 6) is -0.675. The van der Waals surface area contributed by atoms with E-state index in [0.717, 1.165) is 0 Å². The van der Waals surface area contributed by atoms with E-state index in [2.05, 4.69) is 5.32 Å². The second kappa shape index (κ2) is 5.46. The molecule has 0 bridgehead atoms. The minimum absolute atomic E-state index is 0.00296. The van der Waals surface area contributed by atoms with E-state index in [1.165, 1.54) is 6.07 Å². The topological polar surface area (TPSA) is 49.3 Å². The van der Waals surface area contributed by atoms with E-state index in [1.54, 1.807) is 25.1 Å². The summed E-state index contributed by atoms with van der Waals surface area (Å²) in [5.41, 5.74) is 0.361. The summed E-state index contributed by atoms with van der Waals surface area (Å²) in [6.45, 7) is 1.56. The number of aliphatic hydroxyl groups is 1.